The average Bonchev–Trinajstić information content (AvgIpc) is 3.06. The minimum atomic E-state index is -2.68. The van der Waals surface area contributed by atoms with E-state index >= 15 is 0 Å². The van der Waals surface area contributed by atoms with Gasteiger partial charge >= 0.3 is 6.09 Å². The first kappa shape index (κ1) is 19.6. The predicted octanol–water partition coefficient (Wildman–Crippen LogP) is 2.17. The van der Waals surface area contributed by atoms with E-state index < -0.39 is 14.4 Å². The molecule has 0 saturated carbocycles. The first-order valence-corrected chi connectivity index (χ1v) is 11.2. The average molecular weight is 385 g/mol. The van der Waals surface area contributed by atoms with Crippen molar-refractivity contribution in [2.45, 2.75) is 38.0 Å². The maximum atomic E-state index is 11.2. The smallest absolute Gasteiger partial charge is 0.405 e. The number of hydrogen-bond donors (Lipinski definition) is 3. The summed E-state index contributed by atoms with van der Waals surface area (Å²) in [6.45, 7) is 7.88. The van der Waals surface area contributed by atoms with Crippen LogP contribution in [0.3, 0.4) is 0 Å². The Morgan fingerprint density at radius 1 is 1.04 bits per heavy atom. The first-order valence-electron chi connectivity index (χ1n) is 9.33. The highest BCUT2D eigenvalue weighted by Gasteiger charge is 2.52. The third kappa shape index (κ3) is 3.93. The molecule has 2 aromatic carbocycles. The fraction of sp³-hybridized carbons (Fsp3) is 0.381. The number of rotatable bonds is 5. The summed E-state index contributed by atoms with van der Waals surface area (Å²) in [5, 5.41) is 17.4. The van der Waals surface area contributed by atoms with Gasteiger partial charge in [-0.15, -0.1) is 0 Å². The Labute approximate surface area is 161 Å². The predicted molar refractivity (Wildman–Crippen MR) is 110 cm³/mol. The number of nitrogens with one attached hydrogen (secondary N) is 2. The van der Waals surface area contributed by atoms with Crippen molar-refractivity contribution >= 4 is 24.8 Å². The van der Waals surface area contributed by atoms with Crippen molar-refractivity contribution in [1.29, 1.82) is 0 Å². The van der Waals surface area contributed by atoms with Crippen LogP contribution < -0.4 is 21.0 Å². The van der Waals surface area contributed by atoms with Gasteiger partial charge < -0.3 is 20.2 Å². The molecule has 1 heterocycles. The molecule has 2 unspecified atom stereocenters. The summed E-state index contributed by atoms with van der Waals surface area (Å²) in [7, 11) is -2.68. The van der Waals surface area contributed by atoms with Crippen molar-refractivity contribution in [3.63, 3.8) is 0 Å². The fourth-order valence-corrected chi connectivity index (χ4v) is 8.72. The van der Waals surface area contributed by atoms with Crippen LogP contribution in [0.25, 0.3) is 0 Å². The number of hydrogen-bond acceptors (Lipinski definition) is 3. The molecule has 0 spiro atoms. The Hall–Kier alpha value is -2.15. The summed E-state index contributed by atoms with van der Waals surface area (Å²) in [6.07, 6.45) is -1.23. The van der Waals surface area contributed by atoms with Crippen LogP contribution in [0.1, 0.15) is 20.8 Å². The van der Waals surface area contributed by atoms with Crippen LogP contribution >= 0.6 is 0 Å². The monoisotopic (exact) mass is 384 g/mol. The van der Waals surface area contributed by atoms with Gasteiger partial charge in [-0.1, -0.05) is 81.4 Å². The van der Waals surface area contributed by atoms with E-state index in [4.69, 9.17) is 4.43 Å². The lowest BCUT2D eigenvalue weighted by molar-refractivity contribution is 0.156. The SMILES string of the molecule is CC(C)(C)[Si](OC1CNCC1NC(=O)O)(c1ccccc1)c1ccccc1. The normalized spacial score (nSPS) is 20.4. The van der Waals surface area contributed by atoms with Crippen LogP contribution in [0.4, 0.5) is 4.79 Å². The summed E-state index contributed by atoms with van der Waals surface area (Å²) in [5.74, 6) is 0. The van der Waals surface area contributed by atoms with Gasteiger partial charge in [0.15, 0.2) is 0 Å². The van der Waals surface area contributed by atoms with Gasteiger partial charge in [0.2, 0.25) is 0 Å². The van der Waals surface area contributed by atoms with Gasteiger partial charge in [0.25, 0.3) is 8.32 Å². The highest BCUT2D eigenvalue weighted by atomic mass is 28.4. The quantitative estimate of drug-likeness (QED) is 0.691. The number of benzene rings is 2. The van der Waals surface area contributed by atoms with Crippen molar-refractivity contribution in [2.75, 3.05) is 13.1 Å². The Bertz CT molecular complexity index is 723. The third-order valence-electron chi connectivity index (χ3n) is 5.21. The van der Waals surface area contributed by atoms with E-state index in [-0.39, 0.29) is 17.2 Å². The molecule has 27 heavy (non-hydrogen) atoms. The third-order valence-corrected chi connectivity index (χ3v) is 10.3. The van der Waals surface area contributed by atoms with Crippen molar-refractivity contribution in [3.05, 3.63) is 60.7 Å². The zero-order chi connectivity index (χ0) is 19.5. The second-order valence-electron chi connectivity index (χ2n) is 8.03. The van der Waals surface area contributed by atoms with Crippen molar-refractivity contribution in [1.82, 2.24) is 10.6 Å². The molecule has 0 radical (unpaired) electrons. The van der Waals surface area contributed by atoms with Gasteiger partial charge in [0.1, 0.15) is 0 Å². The van der Waals surface area contributed by atoms with Gasteiger partial charge in [-0.2, -0.15) is 0 Å². The molecule has 144 valence electrons. The van der Waals surface area contributed by atoms with Gasteiger partial charge in [0.05, 0.1) is 12.1 Å². The molecule has 3 N–H and O–H groups in total. The maximum absolute atomic E-state index is 11.2. The molecule has 2 aromatic rings. The van der Waals surface area contributed by atoms with E-state index in [0.717, 1.165) is 0 Å². The van der Waals surface area contributed by atoms with Gasteiger partial charge in [-0.25, -0.2) is 4.79 Å². The molecule has 1 amide bonds. The zero-order valence-corrected chi connectivity index (χ0v) is 17.1. The van der Waals surface area contributed by atoms with Crippen molar-refractivity contribution in [3.8, 4) is 0 Å². The maximum Gasteiger partial charge on any atom is 0.405 e. The molecule has 0 aromatic heterocycles. The molecule has 0 bridgehead atoms. The van der Waals surface area contributed by atoms with Gasteiger partial charge in [-0.3, -0.25) is 0 Å². The molecule has 1 aliphatic rings. The summed E-state index contributed by atoms with van der Waals surface area (Å²) in [5.41, 5.74) is 0. The molecule has 6 heteroatoms. The topological polar surface area (TPSA) is 70.6 Å². The van der Waals surface area contributed by atoms with Crippen LogP contribution in [0.5, 0.6) is 0 Å². The van der Waals surface area contributed by atoms with Crippen molar-refractivity contribution in [2.24, 2.45) is 0 Å². The largest absolute Gasteiger partial charge is 0.465 e. The lowest BCUT2D eigenvalue weighted by Crippen LogP contribution is -2.69. The van der Waals surface area contributed by atoms with Crippen LogP contribution in [-0.4, -0.2) is 44.8 Å². The Kier molecular flexibility index (Phi) is 5.69. The molecule has 2 atom stereocenters. The highest BCUT2D eigenvalue weighted by molar-refractivity contribution is 6.99. The van der Waals surface area contributed by atoms with E-state index in [1.165, 1.54) is 10.4 Å². The summed E-state index contributed by atoms with van der Waals surface area (Å²) < 4.78 is 7.00. The van der Waals surface area contributed by atoms with E-state index in [9.17, 15) is 9.90 Å². The fourth-order valence-electron chi connectivity index (χ4n) is 4.00. The molecular formula is C21H28N2O3Si. The minimum Gasteiger partial charge on any atom is -0.465 e. The van der Waals surface area contributed by atoms with Crippen LogP contribution in [0.2, 0.25) is 5.04 Å². The molecule has 1 saturated heterocycles. The van der Waals surface area contributed by atoms with Gasteiger partial charge in [0, 0.05) is 13.1 Å². The molecule has 0 aliphatic carbocycles. The highest BCUT2D eigenvalue weighted by Crippen LogP contribution is 2.38. The lowest BCUT2D eigenvalue weighted by atomic mass is 10.2. The zero-order valence-electron chi connectivity index (χ0n) is 16.1. The summed E-state index contributed by atoms with van der Waals surface area (Å²) >= 11 is 0. The number of amides is 1. The van der Waals surface area contributed by atoms with Crippen LogP contribution in [-0.2, 0) is 4.43 Å². The van der Waals surface area contributed by atoms with Gasteiger partial charge in [-0.05, 0) is 15.4 Å². The van der Waals surface area contributed by atoms with E-state index in [0.29, 0.717) is 13.1 Å². The Balaban J connectivity index is 2.11. The molecule has 1 fully saturated rings. The minimum absolute atomic E-state index is 0.133. The number of carbonyl (C=O) groups is 1. The second-order valence-corrected chi connectivity index (χ2v) is 12.3. The van der Waals surface area contributed by atoms with E-state index in [2.05, 4.69) is 79.9 Å². The molecular weight excluding hydrogens is 356 g/mol. The summed E-state index contributed by atoms with van der Waals surface area (Å²) in [6, 6.07) is 20.6. The summed E-state index contributed by atoms with van der Waals surface area (Å²) in [4.78, 5) is 11.2. The Morgan fingerprint density at radius 3 is 2.00 bits per heavy atom. The van der Waals surface area contributed by atoms with Crippen molar-refractivity contribution < 1.29 is 14.3 Å². The van der Waals surface area contributed by atoms with Crippen LogP contribution in [0, 0.1) is 0 Å². The number of carboxylic acid groups (broad SMARTS) is 1. The van der Waals surface area contributed by atoms with E-state index in [1.54, 1.807) is 0 Å². The van der Waals surface area contributed by atoms with E-state index in [1.807, 2.05) is 12.1 Å². The lowest BCUT2D eigenvalue weighted by Gasteiger charge is -2.45. The standard InChI is InChI=1S/C21H28N2O3Si/c1-21(2,3)27(16-10-6-4-7-11-16,17-12-8-5-9-13-17)26-19-15-22-14-18(19)23-20(24)25/h4-13,18-19,22-23H,14-15H2,1-3H3,(H,24,25). The second kappa shape index (κ2) is 7.84. The molecule has 3 rings (SSSR count). The molecule has 5 nitrogen and oxygen atoms in total. The Morgan fingerprint density at radius 2 is 1.56 bits per heavy atom. The molecule has 1 aliphatic heterocycles. The first-order chi connectivity index (χ1) is 12.8. The van der Waals surface area contributed by atoms with Crippen LogP contribution in [0.15, 0.2) is 60.7 Å².